The van der Waals surface area contributed by atoms with Crippen LogP contribution in [-0.2, 0) is 0 Å². The second-order valence-corrected chi connectivity index (χ2v) is 21.5. The van der Waals surface area contributed by atoms with E-state index in [9.17, 15) is 0 Å². The SMILES string of the molecule is Brc1cnc2ccccn12.C#C[Si](C)(C)C.C#Cc1cnc2ccccn12.C[Si](C)(C)C#Cc1cnc2ccccn12. The zero-order chi connectivity index (χ0) is 30.8. The van der Waals surface area contributed by atoms with Crippen LogP contribution in [0.2, 0.25) is 39.3 Å². The number of hydrogen-bond acceptors (Lipinski definition) is 3. The van der Waals surface area contributed by atoms with E-state index in [1.165, 1.54) is 0 Å². The molecule has 0 atom stereocenters. The highest BCUT2D eigenvalue weighted by Gasteiger charge is 2.08. The van der Waals surface area contributed by atoms with Gasteiger partial charge < -0.3 is 0 Å². The summed E-state index contributed by atoms with van der Waals surface area (Å²) in [7, 11) is -2.41. The molecule has 0 saturated carbocycles. The van der Waals surface area contributed by atoms with Gasteiger partial charge in [-0.05, 0) is 52.3 Å². The lowest BCUT2D eigenvalue weighted by Gasteiger charge is -2.03. The minimum absolute atomic E-state index is 0.792. The number of pyridine rings is 3. The van der Waals surface area contributed by atoms with Crippen LogP contribution in [0.1, 0.15) is 11.4 Å². The quantitative estimate of drug-likeness (QED) is 0.127. The first-order valence-corrected chi connectivity index (χ1v) is 21.1. The average molecular weight is 652 g/mol. The minimum atomic E-state index is -1.30. The van der Waals surface area contributed by atoms with Crippen LogP contribution >= 0.6 is 15.9 Å². The normalized spacial score (nSPS) is 10.5. The molecule has 0 aliphatic carbocycles. The number of aromatic nitrogens is 6. The van der Waals surface area contributed by atoms with E-state index in [0.29, 0.717) is 0 Å². The fraction of sp³-hybridized carbons (Fsp3) is 0.182. The largest absolute Gasteiger partial charge is 0.294 e. The van der Waals surface area contributed by atoms with Crippen LogP contribution < -0.4 is 0 Å². The van der Waals surface area contributed by atoms with E-state index in [2.05, 4.69) is 93.1 Å². The monoisotopic (exact) mass is 650 g/mol. The van der Waals surface area contributed by atoms with Gasteiger partial charge in [-0.15, -0.1) is 23.9 Å². The van der Waals surface area contributed by atoms with Gasteiger partial charge in [-0.1, -0.05) is 69.3 Å². The molecule has 0 bridgehead atoms. The first kappa shape index (κ1) is 32.2. The maximum Gasteiger partial charge on any atom is 0.137 e. The van der Waals surface area contributed by atoms with Crippen molar-refractivity contribution < 1.29 is 0 Å². The Labute approximate surface area is 259 Å². The molecule has 212 valence electrons. The maximum atomic E-state index is 5.25. The lowest BCUT2D eigenvalue weighted by molar-refractivity contribution is 1.15. The molecule has 0 amide bonds. The van der Waals surface area contributed by atoms with Gasteiger partial charge in [-0.2, -0.15) is 0 Å². The molecule has 0 radical (unpaired) electrons. The van der Waals surface area contributed by atoms with Gasteiger partial charge in [0.05, 0.1) is 18.6 Å². The molecule has 6 rings (SSSR count). The van der Waals surface area contributed by atoms with E-state index in [1.807, 2.05) is 92.6 Å². The third-order valence-corrected chi connectivity index (χ3v) is 7.68. The van der Waals surface area contributed by atoms with Gasteiger partial charge in [-0.3, -0.25) is 13.2 Å². The van der Waals surface area contributed by atoms with Gasteiger partial charge in [0.15, 0.2) is 0 Å². The summed E-state index contributed by atoms with van der Waals surface area (Å²) < 4.78 is 6.86. The third kappa shape index (κ3) is 9.64. The molecule has 42 heavy (non-hydrogen) atoms. The van der Waals surface area contributed by atoms with Crippen LogP contribution in [0.4, 0.5) is 0 Å². The van der Waals surface area contributed by atoms with E-state index >= 15 is 0 Å². The third-order valence-electron chi connectivity index (χ3n) is 5.35. The summed E-state index contributed by atoms with van der Waals surface area (Å²) >= 11 is 3.37. The molecule has 6 nitrogen and oxygen atoms in total. The molecule has 0 unspecified atom stereocenters. The van der Waals surface area contributed by atoms with E-state index in [1.54, 1.807) is 12.4 Å². The average Bonchev–Trinajstić information content (AvgIpc) is 3.69. The van der Waals surface area contributed by atoms with Crippen LogP contribution in [0, 0.1) is 35.8 Å². The van der Waals surface area contributed by atoms with Crippen LogP contribution in [0.25, 0.3) is 16.9 Å². The standard InChI is InChI=1S/C12H14N2Si.C9H6N2.C7H5BrN2.C5H10Si/c1-15(2,3)9-7-11-10-13-12-6-4-5-8-14(11)12;1-2-8-7-10-9-5-3-4-6-11(8)9;8-6-5-9-7-3-1-2-4-10(6)7;1-5-6(2,3)4/h4-6,8,10H,1-3H3;1,3-7H;1-5H;1H,2-4H3. The van der Waals surface area contributed by atoms with Crippen LogP contribution in [-0.4, -0.2) is 44.3 Å². The molecule has 6 heterocycles. The summed E-state index contributed by atoms with van der Waals surface area (Å²) in [5, 5.41) is 0. The van der Waals surface area contributed by atoms with E-state index in [0.717, 1.165) is 32.9 Å². The maximum absolute atomic E-state index is 5.25. The number of hydrogen-bond donors (Lipinski definition) is 0. The second kappa shape index (κ2) is 14.5. The predicted molar refractivity (Wildman–Crippen MR) is 184 cm³/mol. The summed E-state index contributed by atoms with van der Waals surface area (Å²) in [6, 6.07) is 17.6. The molecule has 0 spiro atoms. The minimum Gasteiger partial charge on any atom is -0.294 e. The Morgan fingerprint density at radius 3 is 1.50 bits per heavy atom. The molecule has 0 aliphatic rings. The zero-order valence-corrected chi connectivity index (χ0v) is 28.5. The predicted octanol–water partition coefficient (Wildman–Crippen LogP) is 7.47. The zero-order valence-electron chi connectivity index (χ0n) is 24.9. The van der Waals surface area contributed by atoms with Crippen molar-refractivity contribution in [2.24, 2.45) is 0 Å². The van der Waals surface area contributed by atoms with Gasteiger partial charge in [0.25, 0.3) is 0 Å². The van der Waals surface area contributed by atoms with Gasteiger partial charge >= 0.3 is 0 Å². The van der Waals surface area contributed by atoms with Crippen LogP contribution in [0.5, 0.6) is 0 Å². The lowest BCUT2D eigenvalue weighted by atomic mass is 10.4. The first-order valence-electron chi connectivity index (χ1n) is 13.3. The van der Waals surface area contributed by atoms with Crippen LogP contribution in [0.3, 0.4) is 0 Å². The number of fused-ring (bicyclic) bond motifs is 3. The first-order chi connectivity index (χ1) is 19.9. The number of imidazole rings is 3. The van der Waals surface area contributed by atoms with E-state index in [4.69, 9.17) is 12.8 Å². The Morgan fingerprint density at radius 2 is 1.05 bits per heavy atom. The van der Waals surface area contributed by atoms with Crippen molar-refractivity contribution in [3.63, 3.8) is 0 Å². The van der Waals surface area contributed by atoms with Crippen molar-refractivity contribution in [1.82, 2.24) is 28.2 Å². The summed E-state index contributed by atoms with van der Waals surface area (Å²) in [6.45, 7) is 13.2. The van der Waals surface area contributed by atoms with Crippen molar-refractivity contribution in [2.75, 3.05) is 0 Å². The molecule has 9 heteroatoms. The molecule has 0 aromatic carbocycles. The fourth-order valence-corrected chi connectivity index (χ4v) is 4.12. The van der Waals surface area contributed by atoms with Crippen molar-refractivity contribution in [1.29, 1.82) is 0 Å². The molecule has 0 N–H and O–H groups in total. The van der Waals surface area contributed by atoms with Crippen LogP contribution in [0.15, 0.2) is 96.4 Å². The van der Waals surface area contributed by atoms with Crippen molar-refractivity contribution in [2.45, 2.75) is 39.3 Å². The summed E-state index contributed by atoms with van der Waals surface area (Å²) in [5.41, 5.74) is 10.7. The van der Waals surface area contributed by atoms with Crippen molar-refractivity contribution >= 4 is 49.0 Å². The molecule has 0 fully saturated rings. The topological polar surface area (TPSA) is 51.9 Å². The number of terminal acetylenes is 2. The molecule has 6 aromatic rings. The summed E-state index contributed by atoms with van der Waals surface area (Å²) in [5.74, 6) is 5.77. The highest BCUT2D eigenvalue weighted by atomic mass is 79.9. The second-order valence-electron chi connectivity index (χ2n) is 11.2. The smallest absolute Gasteiger partial charge is 0.137 e. The van der Waals surface area contributed by atoms with Crippen molar-refractivity contribution in [3.05, 3.63) is 108 Å². The number of halogens is 1. The Morgan fingerprint density at radius 1 is 0.619 bits per heavy atom. The number of nitrogens with zero attached hydrogens (tertiary/aromatic N) is 6. The fourth-order valence-electron chi connectivity index (χ4n) is 3.22. The summed E-state index contributed by atoms with van der Waals surface area (Å²) in [6.07, 6.45) is 21.5. The number of rotatable bonds is 0. The molecule has 0 saturated heterocycles. The Hall–Kier alpha value is -4.34. The van der Waals surface area contributed by atoms with Gasteiger partial charge in [0.2, 0.25) is 0 Å². The lowest BCUT2D eigenvalue weighted by Crippen LogP contribution is -2.16. The summed E-state index contributed by atoms with van der Waals surface area (Å²) in [4.78, 5) is 12.5. The van der Waals surface area contributed by atoms with E-state index < -0.39 is 16.1 Å². The van der Waals surface area contributed by atoms with Crippen molar-refractivity contribution in [3.8, 4) is 35.8 Å². The van der Waals surface area contributed by atoms with Gasteiger partial charge in [0, 0.05) is 18.6 Å². The van der Waals surface area contributed by atoms with E-state index in [-0.39, 0.29) is 0 Å². The highest BCUT2D eigenvalue weighted by Crippen LogP contribution is 2.11. The molecule has 0 aliphatic heterocycles. The Bertz CT molecular complexity index is 1910. The van der Waals surface area contributed by atoms with Gasteiger partial charge in [-0.25, -0.2) is 15.0 Å². The Balaban J connectivity index is 0.000000161. The molecular formula is C33H35BrN6Si2. The molecule has 6 aromatic heterocycles. The van der Waals surface area contributed by atoms with Gasteiger partial charge in [0.1, 0.15) is 49.1 Å². The Kier molecular flexibility index (Phi) is 11.1. The highest BCUT2D eigenvalue weighted by molar-refractivity contribution is 9.10. The molecular weight excluding hydrogens is 616 g/mol.